The third-order valence-electron chi connectivity index (χ3n) is 4.68. The first-order valence-electron chi connectivity index (χ1n) is 8.95. The van der Waals surface area contributed by atoms with Crippen molar-refractivity contribution in [3.63, 3.8) is 0 Å². The van der Waals surface area contributed by atoms with E-state index in [2.05, 4.69) is 27.5 Å². The molecule has 1 aliphatic heterocycles. The van der Waals surface area contributed by atoms with Gasteiger partial charge in [-0.05, 0) is 31.5 Å². The number of piperidine rings is 1. The highest BCUT2D eigenvalue weighted by Crippen LogP contribution is 2.24. The summed E-state index contributed by atoms with van der Waals surface area (Å²) in [5.41, 5.74) is 0.964. The van der Waals surface area contributed by atoms with Gasteiger partial charge in [-0.3, -0.25) is 14.5 Å². The molecule has 1 fully saturated rings. The van der Waals surface area contributed by atoms with Gasteiger partial charge in [0.25, 0.3) is 5.56 Å². The number of aromatic amines is 1. The third-order valence-corrected chi connectivity index (χ3v) is 4.68. The number of H-pyrrole nitrogens is 1. The second kappa shape index (κ2) is 8.67. The van der Waals surface area contributed by atoms with Crippen LogP contribution in [0.3, 0.4) is 0 Å². The average Bonchev–Trinajstić information content (AvgIpc) is 3.07. The Balaban J connectivity index is 1.56. The summed E-state index contributed by atoms with van der Waals surface area (Å²) in [6, 6.07) is 11.9. The van der Waals surface area contributed by atoms with E-state index in [0.717, 1.165) is 13.1 Å². The molecule has 0 radical (unpaired) electrons. The standard InChI is InChI=1S/C19H25N3O3/c23-18(10-9-16-13-19(24)21-25-16)20-14-17(15-7-3-1-4-8-15)22-11-5-2-6-12-22/h1,3-4,7-8,13,17H,2,5-6,9-12,14H2,(H,20,23)(H,21,24). The number of carbonyl (C=O) groups excluding carboxylic acids is 1. The molecular weight excluding hydrogens is 318 g/mol. The van der Waals surface area contributed by atoms with Gasteiger partial charge in [0, 0.05) is 25.5 Å². The molecule has 25 heavy (non-hydrogen) atoms. The number of carbonyl (C=O) groups is 1. The van der Waals surface area contributed by atoms with Crippen LogP contribution in [0.4, 0.5) is 0 Å². The van der Waals surface area contributed by atoms with Crippen molar-refractivity contribution in [2.75, 3.05) is 19.6 Å². The molecule has 134 valence electrons. The largest absolute Gasteiger partial charge is 0.384 e. The van der Waals surface area contributed by atoms with E-state index in [4.69, 9.17) is 4.52 Å². The van der Waals surface area contributed by atoms with Gasteiger partial charge in [-0.2, -0.15) is 5.16 Å². The molecule has 6 heteroatoms. The molecular formula is C19H25N3O3. The van der Waals surface area contributed by atoms with Crippen LogP contribution in [0, 0.1) is 0 Å². The van der Waals surface area contributed by atoms with Crippen LogP contribution >= 0.6 is 0 Å². The lowest BCUT2D eigenvalue weighted by atomic mass is 10.0. The molecule has 0 spiro atoms. The number of hydrogen-bond acceptors (Lipinski definition) is 4. The average molecular weight is 343 g/mol. The molecule has 3 rings (SSSR count). The number of benzene rings is 1. The van der Waals surface area contributed by atoms with Crippen LogP contribution in [0.1, 0.15) is 43.0 Å². The molecule has 1 aliphatic rings. The molecule has 0 saturated carbocycles. The Labute approximate surface area is 147 Å². The second-order valence-corrected chi connectivity index (χ2v) is 6.51. The van der Waals surface area contributed by atoms with Crippen LogP contribution in [-0.2, 0) is 11.2 Å². The maximum absolute atomic E-state index is 12.2. The number of likely N-dealkylation sites (tertiary alicyclic amines) is 1. The molecule has 1 aromatic heterocycles. The number of aryl methyl sites for hydroxylation is 1. The van der Waals surface area contributed by atoms with E-state index >= 15 is 0 Å². The minimum atomic E-state index is -0.273. The number of amides is 1. The highest BCUT2D eigenvalue weighted by Gasteiger charge is 2.22. The van der Waals surface area contributed by atoms with Crippen molar-refractivity contribution in [1.29, 1.82) is 0 Å². The summed E-state index contributed by atoms with van der Waals surface area (Å²) in [5, 5.41) is 5.28. The minimum absolute atomic E-state index is 0.0261. The van der Waals surface area contributed by atoms with Gasteiger partial charge < -0.3 is 9.84 Å². The Kier molecular flexibility index (Phi) is 6.06. The zero-order chi connectivity index (χ0) is 17.5. The SMILES string of the molecule is O=C(CCc1cc(=O)[nH]o1)NCC(c1ccccc1)N1CCCCC1. The van der Waals surface area contributed by atoms with E-state index in [1.54, 1.807) is 0 Å². The van der Waals surface area contributed by atoms with Crippen LogP contribution < -0.4 is 10.9 Å². The molecule has 0 bridgehead atoms. The lowest BCUT2D eigenvalue weighted by Gasteiger charge is -2.35. The number of aromatic nitrogens is 1. The summed E-state index contributed by atoms with van der Waals surface area (Å²) in [5.74, 6) is 0.484. The van der Waals surface area contributed by atoms with Gasteiger partial charge in [-0.15, -0.1) is 0 Å². The maximum atomic E-state index is 12.2. The van der Waals surface area contributed by atoms with E-state index in [1.807, 2.05) is 18.2 Å². The highest BCUT2D eigenvalue weighted by molar-refractivity contribution is 5.76. The first-order chi connectivity index (χ1) is 12.2. The summed E-state index contributed by atoms with van der Waals surface area (Å²) in [7, 11) is 0. The molecule has 2 heterocycles. The summed E-state index contributed by atoms with van der Waals surface area (Å²) in [6.45, 7) is 2.74. The molecule has 1 atom stereocenters. The van der Waals surface area contributed by atoms with Gasteiger partial charge >= 0.3 is 0 Å². The first-order valence-corrected chi connectivity index (χ1v) is 8.95. The predicted molar refractivity (Wildman–Crippen MR) is 95.3 cm³/mol. The van der Waals surface area contributed by atoms with Gasteiger partial charge in [0.15, 0.2) is 0 Å². The predicted octanol–water partition coefficient (Wildman–Crippen LogP) is 2.24. The van der Waals surface area contributed by atoms with Crippen molar-refractivity contribution >= 4 is 5.91 Å². The molecule has 1 amide bonds. The Morgan fingerprint density at radius 2 is 1.96 bits per heavy atom. The van der Waals surface area contributed by atoms with Crippen LogP contribution in [0.2, 0.25) is 0 Å². The zero-order valence-corrected chi connectivity index (χ0v) is 14.4. The second-order valence-electron chi connectivity index (χ2n) is 6.51. The van der Waals surface area contributed by atoms with E-state index < -0.39 is 0 Å². The van der Waals surface area contributed by atoms with Gasteiger partial charge in [-0.25, -0.2) is 0 Å². The van der Waals surface area contributed by atoms with Crippen molar-refractivity contribution in [3.8, 4) is 0 Å². The molecule has 1 unspecified atom stereocenters. The van der Waals surface area contributed by atoms with Crippen molar-refractivity contribution in [3.05, 3.63) is 58.1 Å². The summed E-state index contributed by atoms with van der Waals surface area (Å²) < 4.78 is 4.98. The van der Waals surface area contributed by atoms with E-state index in [0.29, 0.717) is 25.1 Å². The van der Waals surface area contributed by atoms with Crippen molar-refractivity contribution in [2.24, 2.45) is 0 Å². The lowest BCUT2D eigenvalue weighted by Crippen LogP contribution is -2.40. The van der Waals surface area contributed by atoms with Gasteiger partial charge in [-0.1, -0.05) is 36.8 Å². The van der Waals surface area contributed by atoms with Crippen LogP contribution in [0.25, 0.3) is 0 Å². The fraction of sp³-hybridized carbons (Fsp3) is 0.474. The highest BCUT2D eigenvalue weighted by atomic mass is 16.5. The molecule has 1 saturated heterocycles. The lowest BCUT2D eigenvalue weighted by molar-refractivity contribution is -0.121. The Morgan fingerprint density at radius 1 is 1.20 bits per heavy atom. The summed E-state index contributed by atoms with van der Waals surface area (Å²) in [4.78, 5) is 25.7. The van der Waals surface area contributed by atoms with Crippen molar-refractivity contribution in [1.82, 2.24) is 15.4 Å². The van der Waals surface area contributed by atoms with Crippen molar-refractivity contribution in [2.45, 2.75) is 38.1 Å². The zero-order valence-electron chi connectivity index (χ0n) is 14.4. The Bertz CT molecular complexity index is 717. The Hall–Kier alpha value is -2.34. The number of hydrogen-bond donors (Lipinski definition) is 2. The van der Waals surface area contributed by atoms with E-state index in [1.165, 1.54) is 30.9 Å². The quantitative estimate of drug-likeness (QED) is 0.808. The molecule has 2 aromatic rings. The smallest absolute Gasteiger partial charge is 0.280 e. The maximum Gasteiger partial charge on any atom is 0.280 e. The molecule has 2 N–H and O–H groups in total. The first kappa shape index (κ1) is 17.5. The van der Waals surface area contributed by atoms with Crippen molar-refractivity contribution < 1.29 is 9.32 Å². The summed E-state index contributed by atoms with van der Waals surface area (Å²) >= 11 is 0. The normalized spacial score (nSPS) is 16.5. The fourth-order valence-electron chi connectivity index (χ4n) is 3.34. The van der Waals surface area contributed by atoms with Gasteiger partial charge in [0.05, 0.1) is 6.04 Å². The monoisotopic (exact) mass is 343 g/mol. The molecule has 6 nitrogen and oxygen atoms in total. The fourth-order valence-corrected chi connectivity index (χ4v) is 3.34. The van der Waals surface area contributed by atoms with E-state index in [9.17, 15) is 9.59 Å². The van der Waals surface area contributed by atoms with Crippen LogP contribution in [-0.4, -0.2) is 35.6 Å². The van der Waals surface area contributed by atoms with Gasteiger partial charge in [0.2, 0.25) is 5.91 Å². The summed E-state index contributed by atoms with van der Waals surface area (Å²) in [6.07, 6.45) is 4.44. The number of nitrogens with one attached hydrogen (secondary N) is 2. The molecule has 1 aromatic carbocycles. The topological polar surface area (TPSA) is 78.3 Å². The Morgan fingerprint density at radius 3 is 2.64 bits per heavy atom. The van der Waals surface area contributed by atoms with E-state index in [-0.39, 0.29) is 17.5 Å². The molecule has 0 aliphatic carbocycles. The third kappa shape index (κ3) is 5.06. The number of rotatable bonds is 7. The van der Waals surface area contributed by atoms with Gasteiger partial charge in [0.1, 0.15) is 5.76 Å². The minimum Gasteiger partial charge on any atom is -0.384 e. The van der Waals surface area contributed by atoms with Crippen LogP contribution in [0.5, 0.6) is 0 Å². The number of nitrogens with zero attached hydrogens (tertiary/aromatic N) is 1. The van der Waals surface area contributed by atoms with Crippen LogP contribution in [0.15, 0.2) is 45.7 Å².